The number of benzene rings is 2. The molecular weight excluding hydrogens is 344 g/mol. The van der Waals surface area contributed by atoms with E-state index in [2.05, 4.69) is 41.5 Å². The Morgan fingerprint density at radius 1 is 1.08 bits per heavy atom. The topological polar surface area (TPSA) is 55.7 Å². The number of para-hydroxylation sites is 1. The molecule has 1 atom stereocenters. The summed E-state index contributed by atoms with van der Waals surface area (Å²) in [4.78, 5) is 3.08. The Balaban J connectivity index is 1.59. The molecule has 142 valence electrons. The van der Waals surface area contributed by atoms with Gasteiger partial charge < -0.3 is 20.4 Å². The molecule has 0 saturated heterocycles. The van der Waals surface area contributed by atoms with Crippen molar-refractivity contribution in [3.05, 3.63) is 54.1 Å². The zero-order chi connectivity index (χ0) is 18.8. The minimum atomic E-state index is -0.550. The lowest BCUT2D eigenvalue weighted by molar-refractivity contribution is 0.174. The van der Waals surface area contributed by atoms with Gasteiger partial charge in [0.2, 0.25) is 0 Å². The van der Waals surface area contributed by atoms with Gasteiger partial charge >= 0.3 is 0 Å². The maximum absolute atomic E-state index is 10.3. The van der Waals surface area contributed by atoms with Gasteiger partial charge in [0, 0.05) is 30.7 Å². The molecule has 0 aromatic heterocycles. The molecule has 2 aromatic carbocycles. The van der Waals surface area contributed by atoms with Gasteiger partial charge in [0.15, 0.2) is 0 Å². The Morgan fingerprint density at radius 2 is 1.85 bits per heavy atom. The minimum Gasteiger partial charge on any atom is -0.507 e. The van der Waals surface area contributed by atoms with Gasteiger partial charge in [-0.25, -0.2) is 0 Å². The van der Waals surface area contributed by atoms with Crippen LogP contribution in [0.2, 0.25) is 0 Å². The zero-order valence-corrected chi connectivity index (χ0v) is 16.5. The second-order valence-corrected chi connectivity index (χ2v) is 7.32. The van der Waals surface area contributed by atoms with Crippen molar-refractivity contribution in [1.29, 1.82) is 0 Å². The molecule has 0 saturated carbocycles. The first-order valence-corrected chi connectivity index (χ1v) is 10.4. The fourth-order valence-electron chi connectivity index (χ4n) is 2.85. The van der Waals surface area contributed by atoms with Crippen LogP contribution < -0.4 is 10.2 Å². The van der Waals surface area contributed by atoms with Crippen LogP contribution >= 0.6 is 11.8 Å². The Labute approximate surface area is 161 Å². The van der Waals surface area contributed by atoms with Crippen LogP contribution in [0, 0.1) is 0 Å². The van der Waals surface area contributed by atoms with Crippen LogP contribution in [0.5, 0.6) is 5.75 Å². The third kappa shape index (κ3) is 6.56. The number of hydrogen-bond donors (Lipinski definition) is 3. The SMILES string of the molecule is CSc1cc(C(O)CNCCCCCN(C)c2ccccc2)ccc1O. The van der Waals surface area contributed by atoms with E-state index in [0.29, 0.717) is 6.54 Å². The van der Waals surface area contributed by atoms with E-state index in [-0.39, 0.29) is 5.75 Å². The van der Waals surface area contributed by atoms with Crippen molar-refractivity contribution in [1.82, 2.24) is 5.32 Å². The highest BCUT2D eigenvalue weighted by molar-refractivity contribution is 7.98. The van der Waals surface area contributed by atoms with Crippen LogP contribution in [-0.2, 0) is 0 Å². The summed E-state index contributed by atoms with van der Waals surface area (Å²) in [5.41, 5.74) is 2.09. The molecule has 2 aromatic rings. The van der Waals surface area contributed by atoms with E-state index < -0.39 is 6.10 Å². The third-order valence-electron chi connectivity index (χ3n) is 4.47. The minimum absolute atomic E-state index is 0.266. The van der Waals surface area contributed by atoms with Gasteiger partial charge in [-0.2, -0.15) is 0 Å². The van der Waals surface area contributed by atoms with Crippen LogP contribution in [0.1, 0.15) is 30.9 Å². The number of aliphatic hydroxyl groups is 1. The monoisotopic (exact) mass is 374 g/mol. The number of hydrogen-bond acceptors (Lipinski definition) is 5. The van der Waals surface area contributed by atoms with Gasteiger partial charge in [0.05, 0.1) is 6.10 Å². The molecule has 0 aliphatic rings. The summed E-state index contributed by atoms with van der Waals surface area (Å²) >= 11 is 1.48. The summed E-state index contributed by atoms with van der Waals surface area (Å²) in [7, 11) is 2.13. The number of aliphatic hydroxyl groups excluding tert-OH is 1. The standard InChI is InChI=1S/C21H30N2O2S/c1-23(18-9-5-3-6-10-18)14-8-4-7-13-22-16-20(25)17-11-12-19(24)21(15-17)26-2/h3,5-6,9-12,15,20,22,24-25H,4,7-8,13-14,16H2,1-2H3. The summed E-state index contributed by atoms with van der Waals surface area (Å²) in [5.74, 6) is 0.266. The van der Waals surface area contributed by atoms with Crippen molar-refractivity contribution in [3.8, 4) is 5.75 Å². The number of rotatable bonds is 11. The molecule has 0 aliphatic carbocycles. The predicted octanol–water partition coefficient (Wildman–Crippen LogP) is 4.04. The molecule has 3 N–H and O–H groups in total. The number of phenolic OH excluding ortho intramolecular Hbond substituents is 1. The molecule has 0 fully saturated rings. The lowest BCUT2D eigenvalue weighted by Gasteiger charge is -2.19. The number of nitrogens with one attached hydrogen (secondary N) is 1. The molecule has 26 heavy (non-hydrogen) atoms. The van der Waals surface area contributed by atoms with Gasteiger partial charge in [-0.3, -0.25) is 0 Å². The van der Waals surface area contributed by atoms with Gasteiger partial charge in [0.1, 0.15) is 5.75 Å². The summed E-state index contributed by atoms with van der Waals surface area (Å²) in [6.45, 7) is 2.49. The quantitative estimate of drug-likeness (QED) is 0.409. The van der Waals surface area contributed by atoms with Gasteiger partial charge in [-0.1, -0.05) is 30.7 Å². The van der Waals surface area contributed by atoms with E-state index in [9.17, 15) is 10.2 Å². The van der Waals surface area contributed by atoms with Crippen molar-refractivity contribution < 1.29 is 10.2 Å². The molecule has 0 radical (unpaired) electrons. The highest BCUT2D eigenvalue weighted by Gasteiger charge is 2.09. The van der Waals surface area contributed by atoms with Crippen molar-refractivity contribution >= 4 is 17.4 Å². The van der Waals surface area contributed by atoms with Crippen molar-refractivity contribution in [2.75, 3.05) is 37.8 Å². The normalized spacial score (nSPS) is 12.1. The molecular formula is C21H30N2O2S. The van der Waals surface area contributed by atoms with Gasteiger partial charge in [-0.05, 0) is 55.5 Å². The molecule has 0 aliphatic heterocycles. The Morgan fingerprint density at radius 3 is 2.58 bits per heavy atom. The number of aromatic hydroxyl groups is 1. The van der Waals surface area contributed by atoms with Crippen LogP contribution in [-0.4, -0.2) is 43.2 Å². The Hall–Kier alpha value is -1.69. The first kappa shape index (κ1) is 20.6. The lowest BCUT2D eigenvalue weighted by Crippen LogP contribution is -2.23. The number of unbranched alkanes of at least 4 members (excludes halogenated alkanes) is 2. The molecule has 5 heteroatoms. The highest BCUT2D eigenvalue weighted by Crippen LogP contribution is 2.29. The number of phenols is 1. The third-order valence-corrected chi connectivity index (χ3v) is 5.24. The first-order chi connectivity index (χ1) is 12.6. The Bertz CT molecular complexity index is 652. The number of nitrogens with zero attached hydrogens (tertiary/aromatic N) is 1. The van der Waals surface area contributed by atoms with Crippen LogP contribution in [0.3, 0.4) is 0 Å². The van der Waals surface area contributed by atoms with E-state index in [1.54, 1.807) is 12.1 Å². The molecule has 1 unspecified atom stereocenters. The van der Waals surface area contributed by atoms with Crippen molar-refractivity contribution in [2.24, 2.45) is 0 Å². The Kier molecular flexibility index (Phi) is 8.81. The molecule has 0 bridgehead atoms. The number of thioether (sulfide) groups is 1. The fourth-order valence-corrected chi connectivity index (χ4v) is 3.38. The second kappa shape index (κ2) is 11.1. The average molecular weight is 375 g/mol. The second-order valence-electron chi connectivity index (χ2n) is 6.47. The van der Waals surface area contributed by atoms with Crippen molar-refractivity contribution in [2.45, 2.75) is 30.3 Å². The highest BCUT2D eigenvalue weighted by atomic mass is 32.2. The largest absolute Gasteiger partial charge is 0.507 e. The van der Waals surface area contributed by atoms with Gasteiger partial charge in [-0.15, -0.1) is 11.8 Å². The van der Waals surface area contributed by atoms with Crippen LogP contribution in [0.4, 0.5) is 5.69 Å². The van der Waals surface area contributed by atoms with Gasteiger partial charge in [0.25, 0.3) is 0 Å². The zero-order valence-electron chi connectivity index (χ0n) is 15.7. The van der Waals surface area contributed by atoms with E-state index in [0.717, 1.165) is 42.8 Å². The maximum atomic E-state index is 10.3. The maximum Gasteiger partial charge on any atom is 0.129 e. The summed E-state index contributed by atoms with van der Waals surface area (Å²) in [5, 5.41) is 23.3. The summed E-state index contributed by atoms with van der Waals surface area (Å²) < 4.78 is 0. The van der Waals surface area contributed by atoms with Crippen molar-refractivity contribution in [3.63, 3.8) is 0 Å². The smallest absolute Gasteiger partial charge is 0.129 e. The molecule has 0 amide bonds. The molecule has 4 nitrogen and oxygen atoms in total. The molecule has 0 spiro atoms. The lowest BCUT2D eigenvalue weighted by atomic mass is 10.1. The van der Waals surface area contributed by atoms with E-state index in [1.807, 2.05) is 18.4 Å². The summed E-state index contributed by atoms with van der Waals surface area (Å²) in [6.07, 6.45) is 4.78. The fraction of sp³-hybridized carbons (Fsp3) is 0.429. The predicted molar refractivity (Wildman–Crippen MR) is 111 cm³/mol. The first-order valence-electron chi connectivity index (χ1n) is 9.13. The molecule has 2 rings (SSSR count). The summed E-state index contributed by atoms with van der Waals surface area (Å²) in [6, 6.07) is 15.7. The van der Waals surface area contributed by atoms with E-state index in [4.69, 9.17) is 0 Å². The van der Waals surface area contributed by atoms with Crippen LogP contribution in [0.15, 0.2) is 53.4 Å². The average Bonchev–Trinajstić information content (AvgIpc) is 2.67. The van der Waals surface area contributed by atoms with E-state index in [1.165, 1.54) is 17.4 Å². The number of anilines is 1. The van der Waals surface area contributed by atoms with Crippen LogP contribution in [0.25, 0.3) is 0 Å². The molecule has 0 heterocycles. The van der Waals surface area contributed by atoms with E-state index >= 15 is 0 Å².